The minimum absolute atomic E-state index is 0.124. The average molecular weight is 334 g/mol. The zero-order chi connectivity index (χ0) is 17.1. The van der Waals surface area contributed by atoms with Gasteiger partial charge in [0.2, 0.25) is 5.91 Å². The molecule has 0 spiro atoms. The van der Waals surface area contributed by atoms with Gasteiger partial charge in [-0.25, -0.2) is 9.97 Å². The fraction of sp³-hybridized carbons (Fsp3) is 0.533. The summed E-state index contributed by atoms with van der Waals surface area (Å²) >= 11 is 0. The smallest absolute Gasteiger partial charge is 0.234 e. The highest BCUT2D eigenvalue weighted by molar-refractivity contribution is 5.86. The van der Waals surface area contributed by atoms with Crippen LogP contribution < -0.4 is 16.0 Å². The molecule has 0 bridgehead atoms. The molecule has 0 aromatic carbocycles. The minimum Gasteiger partial charge on any atom is -0.388 e. The van der Waals surface area contributed by atoms with Crippen LogP contribution in [0, 0.1) is 0 Å². The normalized spacial score (nSPS) is 27.1. The van der Waals surface area contributed by atoms with Gasteiger partial charge in [-0.15, -0.1) is 0 Å². The Balaban J connectivity index is 1.66. The number of aliphatic hydroxyl groups is 1. The third kappa shape index (κ3) is 3.48. The van der Waals surface area contributed by atoms with E-state index in [2.05, 4.69) is 30.9 Å². The van der Waals surface area contributed by atoms with E-state index >= 15 is 0 Å². The summed E-state index contributed by atoms with van der Waals surface area (Å²) < 4.78 is 5.85. The number of amides is 1. The predicted octanol–water partition coefficient (Wildman–Crippen LogP) is -0.430. The quantitative estimate of drug-likeness (QED) is 0.502. The van der Waals surface area contributed by atoms with Crippen molar-refractivity contribution in [2.45, 2.75) is 37.8 Å². The van der Waals surface area contributed by atoms with Crippen molar-refractivity contribution < 1.29 is 14.6 Å². The van der Waals surface area contributed by atoms with Crippen LogP contribution in [-0.2, 0) is 9.53 Å². The van der Waals surface area contributed by atoms with Gasteiger partial charge in [-0.05, 0) is 20.0 Å². The molecular weight excluding hydrogens is 312 g/mol. The standard InChI is InChI=1S/C15H22N6O3/c1-8-10(20-12(23)6-16-2)5-11(22)15(24-8)21-14-9-3-4-17-13(9)18-7-19-14/h3-4,7-8,10-11,15-16,22H,5-6H2,1-2H3,(H,20,23)(H2,17,18,19,21)/t8-,10+,11+,15-/m0/s1. The lowest BCUT2D eigenvalue weighted by Gasteiger charge is -2.38. The van der Waals surface area contributed by atoms with Gasteiger partial charge in [0.25, 0.3) is 0 Å². The molecule has 5 N–H and O–H groups in total. The first kappa shape index (κ1) is 16.6. The molecule has 0 radical (unpaired) electrons. The van der Waals surface area contributed by atoms with Gasteiger partial charge in [-0.2, -0.15) is 0 Å². The number of hydrogen-bond acceptors (Lipinski definition) is 7. The van der Waals surface area contributed by atoms with Crippen molar-refractivity contribution in [2.75, 3.05) is 18.9 Å². The van der Waals surface area contributed by atoms with Crippen molar-refractivity contribution in [3.05, 3.63) is 18.6 Å². The number of carbonyl (C=O) groups is 1. The van der Waals surface area contributed by atoms with Gasteiger partial charge in [0.05, 0.1) is 24.1 Å². The second-order valence-corrected chi connectivity index (χ2v) is 5.88. The summed E-state index contributed by atoms with van der Waals surface area (Å²) in [5, 5.41) is 20.0. The molecular formula is C15H22N6O3. The number of nitrogens with zero attached hydrogens (tertiary/aromatic N) is 2. The fourth-order valence-corrected chi connectivity index (χ4v) is 2.84. The summed E-state index contributed by atoms with van der Waals surface area (Å²) in [6.07, 6.45) is 2.00. The molecule has 24 heavy (non-hydrogen) atoms. The second kappa shape index (κ2) is 7.12. The van der Waals surface area contributed by atoms with Crippen molar-refractivity contribution >= 4 is 22.8 Å². The second-order valence-electron chi connectivity index (χ2n) is 5.88. The summed E-state index contributed by atoms with van der Waals surface area (Å²) in [6, 6.07) is 1.62. The maximum absolute atomic E-state index is 11.7. The Labute approximate surface area is 139 Å². The van der Waals surface area contributed by atoms with Crippen LogP contribution >= 0.6 is 0 Å². The molecule has 1 aliphatic heterocycles. The summed E-state index contributed by atoms with van der Waals surface area (Å²) in [4.78, 5) is 23.1. The van der Waals surface area contributed by atoms with Gasteiger partial charge in [0, 0.05) is 12.6 Å². The number of aromatic nitrogens is 3. The summed E-state index contributed by atoms with van der Waals surface area (Å²) in [5.74, 6) is 0.469. The van der Waals surface area contributed by atoms with Crippen LogP contribution in [0.4, 0.5) is 5.82 Å². The van der Waals surface area contributed by atoms with Crippen LogP contribution in [0.5, 0.6) is 0 Å². The fourth-order valence-electron chi connectivity index (χ4n) is 2.84. The highest BCUT2D eigenvalue weighted by Crippen LogP contribution is 2.24. The Morgan fingerprint density at radius 2 is 2.33 bits per heavy atom. The Morgan fingerprint density at radius 1 is 1.50 bits per heavy atom. The number of carbonyl (C=O) groups excluding carboxylic acids is 1. The highest BCUT2D eigenvalue weighted by Gasteiger charge is 2.36. The number of likely N-dealkylation sites (N-methyl/N-ethyl adjacent to an activating group) is 1. The van der Waals surface area contributed by atoms with E-state index in [1.54, 1.807) is 13.2 Å². The average Bonchev–Trinajstić information content (AvgIpc) is 3.02. The zero-order valence-corrected chi connectivity index (χ0v) is 13.6. The van der Waals surface area contributed by atoms with Gasteiger partial charge in [0.15, 0.2) is 6.23 Å². The van der Waals surface area contributed by atoms with E-state index < -0.39 is 12.3 Å². The van der Waals surface area contributed by atoms with Gasteiger partial charge < -0.3 is 30.8 Å². The molecule has 9 heteroatoms. The first-order valence-corrected chi connectivity index (χ1v) is 7.90. The SMILES string of the molecule is CNCC(=O)N[C@@H]1C[C@@H](O)[C@@H](Nc2ncnc3[nH]ccc23)O[C@H]1C. The van der Waals surface area contributed by atoms with Crippen LogP contribution in [0.3, 0.4) is 0 Å². The summed E-state index contributed by atoms with van der Waals surface area (Å²) in [7, 11) is 1.71. The predicted molar refractivity (Wildman–Crippen MR) is 88.3 cm³/mol. The Kier molecular flexibility index (Phi) is 4.93. The van der Waals surface area contributed by atoms with Crippen molar-refractivity contribution in [2.24, 2.45) is 0 Å². The maximum Gasteiger partial charge on any atom is 0.234 e. The monoisotopic (exact) mass is 334 g/mol. The van der Waals surface area contributed by atoms with E-state index in [0.29, 0.717) is 17.9 Å². The van der Waals surface area contributed by atoms with Crippen molar-refractivity contribution in [1.29, 1.82) is 0 Å². The lowest BCUT2D eigenvalue weighted by atomic mass is 9.99. The molecule has 1 saturated heterocycles. The summed E-state index contributed by atoms with van der Waals surface area (Å²) in [6.45, 7) is 2.10. The molecule has 130 valence electrons. The maximum atomic E-state index is 11.7. The summed E-state index contributed by atoms with van der Waals surface area (Å²) in [5.41, 5.74) is 0.711. The molecule has 4 atom stereocenters. The lowest BCUT2D eigenvalue weighted by Crippen LogP contribution is -2.56. The molecule has 3 heterocycles. The van der Waals surface area contributed by atoms with Crippen molar-refractivity contribution in [1.82, 2.24) is 25.6 Å². The number of fused-ring (bicyclic) bond motifs is 1. The minimum atomic E-state index is -0.773. The number of hydrogen-bond donors (Lipinski definition) is 5. The number of rotatable bonds is 5. The van der Waals surface area contributed by atoms with E-state index in [4.69, 9.17) is 4.74 Å². The Morgan fingerprint density at radius 3 is 3.12 bits per heavy atom. The molecule has 2 aromatic heterocycles. The van der Waals surface area contributed by atoms with Gasteiger partial charge in [-0.3, -0.25) is 4.79 Å². The molecule has 1 amide bonds. The van der Waals surface area contributed by atoms with Crippen molar-refractivity contribution in [3.8, 4) is 0 Å². The first-order chi connectivity index (χ1) is 11.6. The van der Waals surface area contributed by atoms with Gasteiger partial charge in [-0.1, -0.05) is 0 Å². The van der Waals surface area contributed by atoms with Gasteiger partial charge >= 0.3 is 0 Å². The topological polar surface area (TPSA) is 124 Å². The molecule has 1 fully saturated rings. The van der Waals surface area contributed by atoms with Crippen LogP contribution in [0.15, 0.2) is 18.6 Å². The van der Waals surface area contributed by atoms with E-state index in [9.17, 15) is 9.90 Å². The van der Waals surface area contributed by atoms with Crippen LogP contribution in [0.2, 0.25) is 0 Å². The molecule has 3 rings (SSSR count). The number of aromatic amines is 1. The van der Waals surface area contributed by atoms with E-state index in [0.717, 1.165) is 5.39 Å². The van der Waals surface area contributed by atoms with Crippen LogP contribution in [0.1, 0.15) is 13.3 Å². The van der Waals surface area contributed by atoms with Crippen molar-refractivity contribution in [3.63, 3.8) is 0 Å². The number of H-pyrrole nitrogens is 1. The number of anilines is 1. The number of ether oxygens (including phenoxy) is 1. The van der Waals surface area contributed by atoms with E-state index in [-0.39, 0.29) is 24.6 Å². The third-order valence-electron chi connectivity index (χ3n) is 4.09. The highest BCUT2D eigenvalue weighted by atomic mass is 16.5. The number of nitrogens with one attached hydrogen (secondary N) is 4. The molecule has 0 unspecified atom stereocenters. The third-order valence-corrected chi connectivity index (χ3v) is 4.09. The zero-order valence-electron chi connectivity index (χ0n) is 13.6. The van der Waals surface area contributed by atoms with E-state index in [1.165, 1.54) is 6.33 Å². The lowest BCUT2D eigenvalue weighted by molar-refractivity contribution is -0.132. The van der Waals surface area contributed by atoms with Crippen LogP contribution in [-0.4, -0.2) is 64.0 Å². The molecule has 9 nitrogen and oxygen atoms in total. The Bertz CT molecular complexity index is 705. The largest absolute Gasteiger partial charge is 0.388 e. The molecule has 0 aliphatic carbocycles. The molecule has 1 aliphatic rings. The first-order valence-electron chi connectivity index (χ1n) is 7.90. The number of aliphatic hydroxyl groups excluding tert-OH is 1. The Hall–Kier alpha value is -2.23. The van der Waals surface area contributed by atoms with Gasteiger partial charge in [0.1, 0.15) is 23.9 Å². The van der Waals surface area contributed by atoms with Crippen LogP contribution in [0.25, 0.3) is 11.0 Å². The van der Waals surface area contributed by atoms with E-state index in [1.807, 2.05) is 13.0 Å². The molecule has 0 saturated carbocycles. The molecule has 2 aromatic rings.